The lowest BCUT2D eigenvalue weighted by atomic mass is 9.74. The molecular weight excluding hydrogens is 258 g/mol. The molecule has 0 aromatic heterocycles. The lowest BCUT2D eigenvalue weighted by Crippen LogP contribution is -2.60. The van der Waals surface area contributed by atoms with Gasteiger partial charge in [-0.25, -0.2) is 8.42 Å². The second-order valence-corrected chi connectivity index (χ2v) is 6.68. The first-order valence-corrected chi connectivity index (χ1v) is 7.73. The van der Waals surface area contributed by atoms with Gasteiger partial charge < -0.3 is 9.84 Å². The van der Waals surface area contributed by atoms with Crippen LogP contribution in [0.3, 0.4) is 0 Å². The summed E-state index contributed by atoms with van der Waals surface area (Å²) in [6.07, 6.45) is 2.73. The highest BCUT2D eigenvalue weighted by Gasteiger charge is 2.47. The molecule has 0 radical (unpaired) electrons. The highest BCUT2D eigenvalue weighted by Crippen LogP contribution is 2.34. The van der Waals surface area contributed by atoms with Crippen LogP contribution in [0.4, 0.5) is 0 Å². The van der Waals surface area contributed by atoms with Crippen molar-refractivity contribution in [2.45, 2.75) is 38.1 Å². The number of carboxylic acid groups (broad SMARTS) is 1. The Balaban J connectivity index is 2.89. The molecule has 0 heterocycles. The Morgan fingerprint density at radius 3 is 2.67 bits per heavy atom. The van der Waals surface area contributed by atoms with Gasteiger partial charge >= 0.3 is 5.97 Å². The van der Waals surface area contributed by atoms with Crippen LogP contribution in [0.1, 0.15) is 32.6 Å². The van der Waals surface area contributed by atoms with Crippen LogP contribution < -0.4 is 4.72 Å². The number of hydrogen-bond acceptors (Lipinski definition) is 4. The average Bonchev–Trinajstić information content (AvgIpc) is 2.29. The highest BCUT2D eigenvalue weighted by molar-refractivity contribution is 7.89. The van der Waals surface area contributed by atoms with Crippen molar-refractivity contribution in [1.82, 2.24) is 4.72 Å². The Morgan fingerprint density at radius 1 is 1.50 bits per heavy atom. The van der Waals surface area contributed by atoms with Gasteiger partial charge in [0.25, 0.3) is 0 Å². The van der Waals surface area contributed by atoms with E-state index in [0.717, 1.165) is 19.3 Å². The first kappa shape index (κ1) is 15.4. The summed E-state index contributed by atoms with van der Waals surface area (Å²) < 4.78 is 30.8. The molecule has 1 rings (SSSR count). The maximum absolute atomic E-state index is 11.9. The van der Waals surface area contributed by atoms with E-state index in [1.54, 1.807) is 6.92 Å². The van der Waals surface area contributed by atoms with E-state index in [1.165, 1.54) is 7.11 Å². The number of hydrogen-bond donors (Lipinski definition) is 2. The van der Waals surface area contributed by atoms with Gasteiger partial charge in [0.05, 0.1) is 12.4 Å². The van der Waals surface area contributed by atoms with Gasteiger partial charge in [0.2, 0.25) is 10.0 Å². The van der Waals surface area contributed by atoms with Crippen LogP contribution in [0.15, 0.2) is 0 Å². The maximum atomic E-state index is 11.9. The van der Waals surface area contributed by atoms with Gasteiger partial charge in [0.1, 0.15) is 5.54 Å². The molecule has 0 aliphatic heterocycles. The predicted molar refractivity (Wildman–Crippen MR) is 66.8 cm³/mol. The number of sulfonamides is 1. The van der Waals surface area contributed by atoms with Crippen LogP contribution in [0.2, 0.25) is 0 Å². The lowest BCUT2D eigenvalue weighted by Gasteiger charge is -2.39. The topological polar surface area (TPSA) is 92.7 Å². The fourth-order valence-electron chi connectivity index (χ4n) is 2.38. The molecule has 0 bridgehead atoms. The Morgan fingerprint density at radius 2 is 2.17 bits per heavy atom. The third-order valence-corrected chi connectivity index (χ3v) is 4.95. The minimum Gasteiger partial charge on any atom is -0.480 e. The molecule has 2 N–H and O–H groups in total. The monoisotopic (exact) mass is 279 g/mol. The summed E-state index contributed by atoms with van der Waals surface area (Å²) in [6.45, 7) is 1.84. The molecule has 0 aromatic rings. The zero-order valence-electron chi connectivity index (χ0n) is 10.8. The second-order valence-electron chi connectivity index (χ2n) is 4.84. The minimum atomic E-state index is -3.64. The quantitative estimate of drug-likeness (QED) is 0.742. The maximum Gasteiger partial charge on any atom is 0.325 e. The first-order valence-electron chi connectivity index (χ1n) is 6.08. The van der Waals surface area contributed by atoms with E-state index in [-0.39, 0.29) is 18.3 Å². The minimum absolute atomic E-state index is 0.0550. The van der Waals surface area contributed by atoms with Crippen LogP contribution in [0, 0.1) is 5.92 Å². The molecule has 1 fully saturated rings. The largest absolute Gasteiger partial charge is 0.480 e. The SMILES string of the molecule is COCCS(=O)(=O)NC1(C(=O)O)CCCCC1C. The van der Waals surface area contributed by atoms with E-state index >= 15 is 0 Å². The summed E-state index contributed by atoms with van der Waals surface area (Å²) in [6, 6.07) is 0. The summed E-state index contributed by atoms with van der Waals surface area (Å²) in [5.41, 5.74) is -1.36. The zero-order chi connectivity index (χ0) is 13.8. The molecule has 18 heavy (non-hydrogen) atoms. The van der Waals surface area contributed by atoms with Gasteiger partial charge in [-0.3, -0.25) is 4.79 Å². The summed E-state index contributed by atoms with van der Waals surface area (Å²) in [5, 5.41) is 9.39. The molecule has 7 heteroatoms. The molecule has 2 unspecified atom stereocenters. The van der Waals surface area contributed by atoms with Crippen LogP contribution in [-0.4, -0.2) is 44.5 Å². The summed E-state index contributed by atoms with van der Waals surface area (Å²) in [7, 11) is -2.23. The summed E-state index contributed by atoms with van der Waals surface area (Å²) in [4.78, 5) is 11.5. The van der Waals surface area contributed by atoms with Gasteiger partial charge in [-0.05, 0) is 18.8 Å². The van der Waals surface area contributed by atoms with Crippen molar-refractivity contribution >= 4 is 16.0 Å². The van der Waals surface area contributed by atoms with Crippen molar-refractivity contribution in [2.75, 3.05) is 19.5 Å². The Hall–Kier alpha value is -0.660. The second kappa shape index (κ2) is 5.99. The van der Waals surface area contributed by atoms with Crippen LogP contribution in [0.25, 0.3) is 0 Å². The van der Waals surface area contributed by atoms with E-state index in [4.69, 9.17) is 4.74 Å². The van der Waals surface area contributed by atoms with Crippen molar-refractivity contribution in [3.05, 3.63) is 0 Å². The van der Waals surface area contributed by atoms with E-state index in [1.807, 2.05) is 0 Å². The molecule has 2 atom stereocenters. The smallest absolute Gasteiger partial charge is 0.325 e. The van der Waals surface area contributed by atoms with Gasteiger partial charge in [-0.15, -0.1) is 0 Å². The van der Waals surface area contributed by atoms with Crippen LogP contribution in [0.5, 0.6) is 0 Å². The number of carbonyl (C=O) groups is 1. The molecule has 1 aliphatic rings. The Labute approximate surface area is 108 Å². The van der Waals surface area contributed by atoms with E-state index in [0.29, 0.717) is 6.42 Å². The van der Waals surface area contributed by atoms with Crippen molar-refractivity contribution in [3.8, 4) is 0 Å². The molecule has 0 aromatic carbocycles. The molecule has 1 aliphatic carbocycles. The normalized spacial score (nSPS) is 29.1. The van der Waals surface area contributed by atoms with E-state index in [9.17, 15) is 18.3 Å². The molecule has 1 saturated carbocycles. The molecule has 0 spiro atoms. The van der Waals surface area contributed by atoms with Crippen molar-refractivity contribution in [1.29, 1.82) is 0 Å². The van der Waals surface area contributed by atoms with E-state index < -0.39 is 21.5 Å². The fraction of sp³-hybridized carbons (Fsp3) is 0.909. The van der Waals surface area contributed by atoms with Gasteiger partial charge in [0.15, 0.2) is 0 Å². The fourth-order valence-corrected chi connectivity index (χ4v) is 3.82. The number of ether oxygens (including phenoxy) is 1. The molecule has 106 valence electrons. The molecule has 6 nitrogen and oxygen atoms in total. The molecule has 0 amide bonds. The average molecular weight is 279 g/mol. The zero-order valence-corrected chi connectivity index (χ0v) is 11.6. The standard InChI is InChI=1S/C11H21NO5S/c1-9-5-3-4-6-11(9,10(13)14)12-18(15,16)8-7-17-2/h9,12H,3-8H2,1-2H3,(H,13,14). The van der Waals surface area contributed by atoms with Crippen LogP contribution >= 0.6 is 0 Å². The predicted octanol–water partition coefficient (Wildman–Crippen LogP) is 0.586. The van der Waals surface area contributed by atoms with Crippen molar-refractivity contribution < 1.29 is 23.1 Å². The molecular formula is C11H21NO5S. The van der Waals surface area contributed by atoms with Crippen molar-refractivity contribution in [2.24, 2.45) is 5.92 Å². The van der Waals surface area contributed by atoms with Crippen LogP contribution in [-0.2, 0) is 19.6 Å². The highest BCUT2D eigenvalue weighted by atomic mass is 32.2. The lowest BCUT2D eigenvalue weighted by molar-refractivity contribution is -0.147. The van der Waals surface area contributed by atoms with Gasteiger partial charge in [0, 0.05) is 7.11 Å². The molecule has 0 saturated heterocycles. The third kappa shape index (κ3) is 3.43. The Kier molecular flexibility index (Phi) is 5.12. The van der Waals surface area contributed by atoms with E-state index in [2.05, 4.69) is 4.72 Å². The Bertz CT molecular complexity index is 394. The number of aliphatic carboxylic acids is 1. The summed E-state index contributed by atoms with van der Waals surface area (Å²) in [5.74, 6) is -1.51. The summed E-state index contributed by atoms with van der Waals surface area (Å²) >= 11 is 0. The van der Waals surface area contributed by atoms with Gasteiger partial charge in [-0.1, -0.05) is 19.8 Å². The number of nitrogens with one attached hydrogen (secondary N) is 1. The number of methoxy groups -OCH3 is 1. The first-order chi connectivity index (χ1) is 8.34. The number of carboxylic acids is 1. The van der Waals surface area contributed by atoms with Crippen molar-refractivity contribution in [3.63, 3.8) is 0 Å². The third-order valence-electron chi connectivity index (χ3n) is 3.57. The van der Waals surface area contributed by atoms with Gasteiger partial charge in [-0.2, -0.15) is 4.72 Å². The number of rotatable bonds is 6.